The minimum atomic E-state index is -0.562. The highest BCUT2D eigenvalue weighted by atomic mass is 16.2. The number of carbonyl (C=O) groups excluding carboxylic acids is 5. The Bertz CT molecular complexity index is 1700. The molecule has 0 fully saturated rings. The van der Waals surface area contributed by atoms with E-state index in [4.69, 9.17) is 5.73 Å². The molecule has 3 aliphatic rings. The number of nitrogens with one attached hydrogen (secondary N) is 1. The molecule has 38 heavy (non-hydrogen) atoms. The fourth-order valence-corrected chi connectivity index (χ4v) is 6.03. The van der Waals surface area contributed by atoms with Crippen molar-refractivity contribution in [1.82, 2.24) is 5.32 Å². The molecule has 3 N–H and O–H groups in total. The van der Waals surface area contributed by atoms with Gasteiger partial charge in [-0.1, -0.05) is 26.0 Å². The SMILES string of the molecule is Cc1c(N)c(C)c(N2C(=O)c3ccc(C(=O)c4ccc5c(c4)C(=O)NC5=O)cc3C2=O)c2c1CCC2(C)C. The largest absolute Gasteiger partial charge is 0.398 e. The Kier molecular flexibility index (Phi) is 4.82. The van der Waals surface area contributed by atoms with Crippen LogP contribution in [-0.2, 0) is 11.8 Å². The van der Waals surface area contributed by atoms with Gasteiger partial charge in [0.1, 0.15) is 0 Å². The van der Waals surface area contributed by atoms with Gasteiger partial charge in [-0.05, 0) is 78.6 Å². The number of anilines is 2. The fourth-order valence-electron chi connectivity index (χ4n) is 6.03. The summed E-state index contributed by atoms with van der Waals surface area (Å²) in [5.74, 6) is -2.46. The zero-order valence-electron chi connectivity index (χ0n) is 21.4. The first-order valence-corrected chi connectivity index (χ1v) is 12.4. The van der Waals surface area contributed by atoms with Crippen LogP contribution in [0, 0.1) is 13.8 Å². The summed E-state index contributed by atoms with van der Waals surface area (Å²) in [6, 6.07) is 8.68. The molecule has 0 saturated carbocycles. The average molecular weight is 508 g/mol. The number of rotatable bonds is 3. The molecule has 3 aromatic rings. The van der Waals surface area contributed by atoms with Crippen LogP contribution in [0.5, 0.6) is 0 Å². The Labute approximate surface area is 218 Å². The third-order valence-corrected chi connectivity index (χ3v) is 8.20. The third-order valence-electron chi connectivity index (χ3n) is 8.20. The number of nitrogens with zero attached hydrogens (tertiary/aromatic N) is 1. The number of fused-ring (bicyclic) bond motifs is 3. The zero-order chi connectivity index (χ0) is 27.3. The number of benzene rings is 3. The number of carbonyl (C=O) groups is 5. The van der Waals surface area contributed by atoms with Crippen LogP contribution < -0.4 is 16.0 Å². The van der Waals surface area contributed by atoms with E-state index in [1.54, 1.807) is 0 Å². The lowest BCUT2D eigenvalue weighted by molar-refractivity contribution is 0.0874. The number of imide groups is 2. The van der Waals surface area contributed by atoms with E-state index >= 15 is 0 Å². The molecule has 6 rings (SSSR count). The first kappa shape index (κ1) is 23.8. The molecule has 0 spiro atoms. The maximum atomic E-state index is 13.8. The third kappa shape index (κ3) is 3.06. The van der Waals surface area contributed by atoms with Gasteiger partial charge < -0.3 is 5.73 Å². The number of hydrogen-bond donors (Lipinski definition) is 2. The zero-order valence-corrected chi connectivity index (χ0v) is 21.4. The van der Waals surface area contributed by atoms with Gasteiger partial charge in [0.05, 0.1) is 27.9 Å². The Morgan fingerprint density at radius 1 is 0.842 bits per heavy atom. The van der Waals surface area contributed by atoms with E-state index in [9.17, 15) is 24.0 Å². The van der Waals surface area contributed by atoms with Gasteiger partial charge in [0.2, 0.25) is 0 Å². The van der Waals surface area contributed by atoms with Crippen molar-refractivity contribution in [2.45, 2.75) is 46.0 Å². The van der Waals surface area contributed by atoms with Crippen LogP contribution >= 0.6 is 0 Å². The molecule has 0 unspecified atom stereocenters. The van der Waals surface area contributed by atoms with E-state index in [1.807, 2.05) is 13.8 Å². The van der Waals surface area contributed by atoms with Crippen molar-refractivity contribution in [3.05, 3.63) is 92.0 Å². The summed E-state index contributed by atoms with van der Waals surface area (Å²) in [5, 5.41) is 2.20. The van der Waals surface area contributed by atoms with Crippen molar-refractivity contribution in [1.29, 1.82) is 0 Å². The van der Waals surface area contributed by atoms with Gasteiger partial charge in [-0.2, -0.15) is 0 Å². The highest BCUT2D eigenvalue weighted by Gasteiger charge is 2.44. The van der Waals surface area contributed by atoms with Crippen LogP contribution in [0.1, 0.15) is 99.9 Å². The lowest BCUT2D eigenvalue weighted by Gasteiger charge is -2.29. The normalized spacial score (nSPS) is 17.0. The van der Waals surface area contributed by atoms with Crippen molar-refractivity contribution in [2.75, 3.05) is 10.6 Å². The van der Waals surface area contributed by atoms with E-state index in [0.29, 0.717) is 16.9 Å². The van der Waals surface area contributed by atoms with Gasteiger partial charge in [0, 0.05) is 16.8 Å². The minimum absolute atomic E-state index is 0.128. The second-order valence-corrected chi connectivity index (χ2v) is 10.8. The molecule has 0 bridgehead atoms. The van der Waals surface area contributed by atoms with Crippen molar-refractivity contribution < 1.29 is 24.0 Å². The summed E-state index contributed by atoms with van der Waals surface area (Å²) in [6.45, 7) is 8.03. The quantitative estimate of drug-likeness (QED) is 0.313. The standard InChI is InChI=1S/C30H25N3O5/c1-13-17-9-10-30(3,4)22(17)24(14(2)23(13)31)33-28(37)19-8-6-16(12-21(19)29(33)38)25(34)15-5-7-18-20(11-15)27(36)32-26(18)35/h5-8,11-12H,9-10,31H2,1-4H3,(H,32,35,36). The molecular formula is C30H25N3O5. The highest BCUT2D eigenvalue weighted by Crippen LogP contribution is 2.50. The number of ketones is 1. The Hall–Kier alpha value is -4.59. The maximum Gasteiger partial charge on any atom is 0.266 e. The molecule has 0 radical (unpaired) electrons. The lowest BCUT2D eigenvalue weighted by atomic mass is 9.82. The summed E-state index contributed by atoms with van der Waals surface area (Å²) >= 11 is 0. The Balaban J connectivity index is 1.43. The molecule has 8 nitrogen and oxygen atoms in total. The molecule has 0 saturated heterocycles. The first-order valence-electron chi connectivity index (χ1n) is 12.4. The van der Waals surface area contributed by atoms with Gasteiger partial charge in [0.15, 0.2) is 5.78 Å². The van der Waals surface area contributed by atoms with Crippen molar-refractivity contribution in [2.24, 2.45) is 0 Å². The predicted molar refractivity (Wildman–Crippen MR) is 141 cm³/mol. The summed E-state index contributed by atoms with van der Waals surface area (Å²) in [6.07, 6.45) is 1.70. The topological polar surface area (TPSA) is 127 Å². The number of nitrogen functional groups attached to an aromatic ring is 1. The molecular weight excluding hydrogens is 482 g/mol. The van der Waals surface area contributed by atoms with Gasteiger partial charge in [-0.25, -0.2) is 4.90 Å². The van der Waals surface area contributed by atoms with Crippen LogP contribution in [-0.4, -0.2) is 29.4 Å². The van der Waals surface area contributed by atoms with E-state index in [2.05, 4.69) is 19.2 Å². The first-order chi connectivity index (χ1) is 17.9. The Morgan fingerprint density at radius 2 is 1.42 bits per heavy atom. The van der Waals surface area contributed by atoms with E-state index in [-0.39, 0.29) is 38.8 Å². The van der Waals surface area contributed by atoms with E-state index in [1.165, 1.54) is 41.3 Å². The average Bonchev–Trinajstić information content (AvgIpc) is 3.46. The molecule has 4 amide bonds. The maximum absolute atomic E-state index is 13.8. The van der Waals surface area contributed by atoms with Crippen LogP contribution in [0.4, 0.5) is 11.4 Å². The molecule has 0 atom stereocenters. The van der Waals surface area contributed by atoms with Gasteiger partial charge in [-0.3, -0.25) is 29.3 Å². The van der Waals surface area contributed by atoms with E-state index in [0.717, 1.165) is 29.5 Å². The second kappa shape index (κ2) is 7.71. The molecule has 2 heterocycles. The number of nitrogens with two attached hydrogens (primary N) is 1. The molecule has 1 aliphatic carbocycles. The van der Waals surface area contributed by atoms with Crippen LogP contribution in [0.3, 0.4) is 0 Å². The van der Waals surface area contributed by atoms with E-state index < -0.39 is 29.4 Å². The van der Waals surface area contributed by atoms with Crippen LogP contribution in [0.25, 0.3) is 0 Å². The summed E-state index contributed by atoms with van der Waals surface area (Å²) in [5.41, 5.74) is 12.1. The molecule has 3 aromatic carbocycles. The fraction of sp³-hybridized carbons (Fsp3) is 0.233. The van der Waals surface area contributed by atoms with Crippen molar-refractivity contribution >= 4 is 40.8 Å². The van der Waals surface area contributed by atoms with Crippen molar-refractivity contribution in [3.63, 3.8) is 0 Å². The summed E-state index contributed by atoms with van der Waals surface area (Å²) in [4.78, 5) is 65.8. The summed E-state index contributed by atoms with van der Waals surface area (Å²) in [7, 11) is 0. The smallest absolute Gasteiger partial charge is 0.266 e. The van der Waals surface area contributed by atoms with Crippen molar-refractivity contribution in [3.8, 4) is 0 Å². The lowest BCUT2D eigenvalue weighted by Crippen LogP contribution is -2.33. The second-order valence-electron chi connectivity index (χ2n) is 10.8. The van der Waals surface area contributed by atoms with Crippen LogP contribution in [0.15, 0.2) is 36.4 Å². The molecule has 8 heteroatoms. The monoisotopic (exact) mass is 507 g/mol. The Morgan fingerprint density at radius 3 is 2.11 bits per heavy atom. The highest BCUT2D eigenvalue weighted by molar-refractivity contribution is 6.35. The molecule has 190 valence electrons. The molecule has 2 aliphatic heterocycles. The van der Waals surface area contributed by atoms with Gasteiger partial charge in [-0.15, -0.1) is 0 Å². The number of hydrogen-bond acceptors (Lipinski definition) is 6. The van der Waals surface area contributed by atoms with Crippen LogP contribution in [0.2, 0.25) is 0 Å². The van der Waals surface area contributed by atoms with Gasteiger partial charge >= 0.3 is 0 Å². The van der Waals surface area contributed by atoms with Gasteiger partial charge in [0.25, 0.3) is 23.6 Å². The summed E-state index contributed by atoms with van der Waals surface area (Å²) < 4.78 is 0. The minimum Gasteiger partial charge on any atom is -0.398 e. The predicted octanol–water partition coefficient (Wildman–Crippen LogP) is 4.02. The number of amides is 4. The molecule has 0 aromatic heterocycles.